The Balaban J connectivity index is 1.89. The highest BCUT2D eigenvalue weighted by Crippen LogP contribution is 2.54. The second-order valence-electron chi connectivity index (χ2n) is 6.96. The molecule has 0 radical (unpaired) electrons. The number of hydrogen-bond donors (Lipinski definition) is 1. The van der Waals surface area contributed by atoms with Crippen LogP contribution in [0, 0.1) is 0 Å². The molecule has 2 aliphatic rings. The fraction of sp³-hybridized carbons (Fsp3) is 0.500. The number of hydrogen-bond acceptors (Lipinski definition) is 2. The summed E-state index contributed by atoms with van der Waals surface area (Å²) in [6, 6.07) is 5.08. The van der Waals surface area contributed by atoms with Crippen molar-refractivity contribution in [3.8, 4) is 11.3 Å². The number of nitrogens with zero attached hydrogens (tertiary/aromatic N) is 2. The van der Waals surface area contributed by atoms with Gasteiger partial charge in [-0.05, 0) is 25.8 Å². The maximum absolute atomic E-state index is 15.7. The lowest BCUT2D eigenvalue weighted by molar-refractivity contribution is -0.129. The zero-order valence-electron chi connectivity index (χ0n) is 13.1. The average Bonchev–Trinajstić information content (AvgIpc) is 3.09. The minimum absolute atomic E-state index is 0.389. The van der Waals surface area contributed by atoms with Crippen molar-refractivity contribution in [3.05, 3.63) is 41.3 Å². The van der Waals surface area contributed by atoms with E-state index >= 15 is 4.39 Å². The van der Waals surface area contributed by atoms with Crippen LogP contribution < -0.4 is 0 Å². The number of rotatable bonds is 2. The lowest BCUT2D eigenvalue weighted by Gasteiger charge is -2.45. The second-order valence-corrected chi connectivity index (χ2v) is 7.37. The van der Waals surface area contributed by atoms with Gasteiger partial charge in [0.2, 0.25) is 0 Å². The van der Waals surface area contributed by atoms with E-state index in [0.29, 0.717) is 17.9 Å². The Morgan fingerprint density at radius 1 is 1.35 bits per heavy atom. The molecule has 2 atom stereocenters. The van der Waals surface area contributed by atoms with Crippen LogP contribution in [0.1, 0.15) is 50.6 Å². The van der Waals surface area contributed by atoms with E-state index in [0.717, 1.165) is 36.1 Å². The van der Waals surface area contributed by atoms with Crippen LogP contribution in [0.5, 0.6) is 0 Å². The Labute approximate surface area is 140 Å². The van der Waals surface area contributed by atoms with Crippen molar-refractivity contribution in [2.24, 2.45) is 0 Å². The summed E-state index contributed by atoms with van der Waals surface area (Å²) in [5.41, 5.74) is -0.539. The van der Waals surface area contributed by atoms with Gasteiger partial charge in [-0.25, -0.2) is 9.37 Å². The van der Waals surface area contributed by atoms with Crippen LogP contribution >= 0.6 is 11.6 Å². The third kappa shape index (κ3) is 2.01. The molecule has 2 unspecified atom stereocenters. The third-order valence-corrected chi connectivity index (χ3v) is 5.96. The van der Waals surface area contributed by atoms with Crippen molar-refractivity contribution < 1.29 is 9.50 Å². The SMILES string of the molecule is CC(O)(C1c2c(Cl)cccc2-c2cncn21)C1(F)CCCCC1. The molecule has 1 aromatic heterocycles. The molecule has 5 heteroatoms. The van der Waals surface area contributed by atoms with E-state index in [2.05, 4.69) is 4.98 Å². The smallest absolute Gasteiger partial charge is 0.141 e. The van der Waals surface area contributed by atoms with E-state index in [1.165, 1.54) is 0 Å². The number of imidazole rings is 1. The Bertz CT molecular complexity index is 749. The summed E-state index contributed by atoms with van der Waals surface area (Å²) >= 11 is 6.43. The first kappa shape index (κ1) is 15.2. The molecule has 1 N–H and O–H groups in total. The van der Waals surface area contributed by atoms with E-state index in [1.807, 2.05) is 16.7 Å². The van der Waals surface area contributed by atoms with E-state index in [4.69, 9.17) is 11.6 Å². The zero-order chi connectivity index (χ0) is 16.2. The summed E-state index contributed by atoms with van der Waals surface area (Å²) in [5, 5.41) is 11.9. The largest absolute Gasteiger partial charge is 0.384 e. The molecule has 4 rings (SSSR count). The van der Waals surface area contributed by atoms with Crippen molar-refractivity contribution in [2.75, 3.05) is 0 Å². The number of aliphatic hydroxyl groups is 1. The van der Waals surface area contributed by atoms with Gasteiger partial charge in [-0.1, -0.05) is 43.0 Å². The number of halogens is 2. The third-order valence-electron chi connectivity index (χ3n) is 5.63. The topological polar surface area (TPSA) is 38.1 Å². The molecule has 3 nitrogen and oxygen atoms in total. The molecule has 2 heterocycles. The summed E-state index contributed by atoms with van der Waals surface area (Å²) < 4.78 is 17.6. The van der Waals surface area contributed by atoms with Crippen LogP contribution in [0.25, 0.3) is 11.3 Å². The van der Waals surface area contributed by atoms with E-state index in [1.54, 1.807) is 25.5 Å². The van der Waals surface area contributed by atoms with Crippen LogP contribution in [0.15, 0.2) is 30.7 Å². The summed E-state index contributed by atoms with van der Waals surface area (Å²) in [6.45, 7) is 1.62. The Morgan fingerprint density at radius 3 is 2.83 bits per heavy atom. The van der Waals surface area contributed by atoms with Crippen molar-refractivity contribution in [1.29, 1.82) is 0 Å². The van der Waals surface area contributed by atoms with Crippen LogP contribution in [-0.4, -0.2) is 25.9 Å². The van der Waals surface area contributed by atoms with Gasteiger partial charge in [-0.3, -0.25) is 0 Å². The minimum atomic E-state index is -1.61. The van der Waals surface area contributed by atoms with Crippen molar-refractivity contribution in [2.45, 2.75) is 56.3 Å². The lowest BCUT2D eigenvalue weighted by Crippen LogP contribution is -2.55. The van der Waals surface area contributed by atoms with Crippen molar-refractivity contribution in [1.82, 2.24) is 9.55 Å². The van der Waals surface area contributed by atoms with Crippen molar-refractivity contribution >= 4 is 11.6 Å². The molecular formula is C18H20ClFN2O. The summed E-state index contributed by atoms with van der Waals surface area (Å²) in [5.74, 6) is 0. The summed E-state index contributed by atoms with van der Waals surface area (Å²) in [4.78, 5) is 4.19. The quantitative estimate of drug-likeness (QED) is 0.876. The van der Waals surface area contributed by atoms with Gasteiger partial charge in [-0.15, -0.1) is 0 Å². The summed E-state index contributed by atoms with van der Waals surface area (Å²) in [6.07, 6.45) is 6.84. The highest BCUT2D eigenvalue weighted by Gasteiger charge is 2.56. The van der Waals surface area contributed by atoms with E-state index in [9.17, 15) is 5.11 Å². The fourth-order valence-electron chi connectivity index (χ4n) is 4.31. The van der Waals surface area contributed by atoms with Gasteiger partial charge >= 0.3 is 0 Å². The van der Waals surface area contributed by atoms with Crippen LogP contribution in [0.3, 0.4) is 0 Å². The van der Waals surface area contributed by atoms with Crippen molar-refractivity contribution in [3.63, 3.8) is 0 Å². The van der Waals surface area contributed by atoms with Gasteiger partial charge in [-0.2, -0.15) is 0 Å². The molecule has 0 amide bonds. The van der Waals surface area contributed by atoms with Gasteiger partial charge in [0.05, 0.1) is 24.3 Å². The highest BCUT2D eigenvalue weighted by atomic mass is 35.5. The molecule has 0 bridgehead atoms. The molecule has 1 fully saturated rings. The molecule has 1 aliphatic heterocycles. The molecule has 2 aromatic rings. The normalized spacial score (nSPS) is 24.8. The summed E-state index contributed by atoms with van der Waals surface area (Å²) in [7, 11) is 0. The van der Waals surface area contributed by atoms with Gasteiger partial charge < -0.3 is 9.67 Å². The van der Waals surface area contributed by atoms with Gasteiger partial charge in [0, 0.05) is 16.1 Å². The monoisotopic (exact) mass is 334 g/mol. The Morgan fingerprint density at radius 2 is 2.09 bits per heavy atom. The maximum Gasteiger partial charge on any atom is 0.141 e. The first-order valence-corrected chi connectivity index (χ1v) is 8.55. The van der Waals surface area contributed by atoms with E-state index in [-0.39, 0.29) is 0 Å². The van der Waals surface area contributed by atoms with Gasteiger partial charge in [0.25, 0.3) is 0 Å². The second kappa shape index (κ2) is 5.05. The van der Waals surface area contributed by atoms with Gasteiger partial charge in [0.15, 0.2) is 0 Å². The molecule has 0 spiro atoms. The number of fused-ring (bicyclic) bond motifs is 3. The van der Waals surface area contributed by atoms with Crippen LogP contribution in [-0.2, 0) is 0 Å². The minimum Gasteiger partial charge on any atom is -0.384 e. The van der Waals surface area contributed by atoms with Crippen LogP contribution in [0.4, 0.5) is 4.39 Å². The molecule has 23 heavy (non-hydrogen) atoms. The molecule has 1 aliphatic carbocycles. The lowest BCUT2D eigenvalue weighted by atomic mass is 9.70. The zero-order valence-corrected chi connectivity index (χ0v) is 13.9. The number of benzene rings is 1. The first-order chi connectivity index (χ1) is 11.0. The average molecular weight is 335 g/mol. The number of alkyl halides is 1. The highest BCUT2D eigenvalue weighted by molar-refractivity contribution is 6.32. The number of aromatic nitrogens is 2. The molecular weight excluding hydrogens is 315 g/mol. The first-order valence-electron chi connectivity index (χ1n) is 8.18. The molecule has 0 saturated heterocycles. The molecule has 122 valence electrons. The predicted molar refractivity (Wildman–Crippen MR) is 88.4 cm³/mol. The molecule has 1 saturated carbocycles. The Hall–Kier alpha value is -1.39. The Kier molecular flexibility index (Phi) is 3.33. The van der Waals surface area contributed by atoms with E-state index < -0.39 is 17.3 Å². The molecule has 1 aromatic carbocycles. The predicted octanol–water partition coefficient (Wildman–Crippen LogP) is 4.53. The maximum atomic E-state index is 15.7. The standard InChI is InChI=1S/C18H20ClFN2O/c1-17(23,18(20)8-3-2-4-9-18)16-15-12(6-5-7-13(15)19)14-10-21-11-22(14)16/h5-7,10-11,16,23H,2-4,8-9H2,1H3. The van der Waals surface area contributed by atoms with Crippen LogP contribution in [0.2, 0.25) is 5.02 Å². The fourth-order valence-corrected chi connectivity index (χ4v) is 4.59. The van der Waals surface area contributed by atoms with Gasteiger partial charge in [0.1, 0.15) is 11.3 Å².